The number of benzene rings is 1. The number of nitrogens with zero attached hydrogens (tertiary/aromatic N) is 2. The van der Waals surface area contributed by atoms with Crippen molar-refractivity contribution in [2.45, 2.75) is 32.6 Å². The predicted octanol–water partition coefficient (Wildman–Crippen LogP) is 4.80. The van der Waals surface area contributed by atoms with Crippen molar-refractivity contribution >= 4 is 17.8 Å². The number of hydrogen-bond acceptors (Lipinski definition) is 2. The SMILES string of the molecule is CCc1cc(N2CCCCC2)cc(/C=C/c2ccccc2)n1. The number of aromatic nitrogens is 1. The maximum absolute atomic E-state index is 4.75. The van der Waals surface area contributed by atoms with E-state index in [4.69, 9.17) is 4.98 Å². The largest absolute Gasteiger partial charge is 0.371 e. The summed E-state index contributed by atoms with van der Waals surface area (Å²) in [7, 11) is 0. The third-order valence-electron chi connectivity index (χ3n) is 4.21. The Bertz CT molecular complexity index is 625. The van der Waals surface area contributed by atoms with Crippen LogP contribution in [0.3, 0.4) is 0 Å². The number of rotatable bonds is 4. The molecule has 2 aromatic rings. The maximum atomic E-state index is 4.75. The van der Waals surface area contributed by atoms with Gasteiger partial charge >= 0.3 is 0 Å². The highest BCUT2D eigenvalue weighted by Crippen LogP contribution is 2.22. The Hall–Kier alpha value is -2.09. The lowest BCUT2D eigenvalue weighted by Crippen LogP contribution is -2.29. The minimum atomic E-state index is 0.980. The van der Waals surface area contributed by atoms with Gasteiger partial charge in [0.1, 0.15) is 0 Å². The molecule has 2 nitrogen and oxygen atoms in total. The molecule has 1 aliphatic heterocycles. The van der Waals surface area contributed by atoms with Crippen molar-refractivity contribution in [2.24, 2.45) is 0 Å². The molecule has 1 aliphatic rings. The molecule has 0 N–H and O–H groups in total. The van der Waals surface area contributed by atoms with E-state index in [9.17, 15) is 0 Å². The zero-order valence-electron chi connectivity index (χ0n) is 13.3. The van der Waals surface area contributed by atoms with Crippen molar-refractivity contribution in [1.29, 1.82) is 0 Å². The molecule has 2 heteroatoms. The minimum Gasteiger partial charge on any atom is -0.371 e. The fourth-order valence-electron chi connectivity index (χ4n) is 2.94. The van der Waals surface area contributed by atoms with Gasteiger partial charge in [0.05, 0.1) is 5.69 Å². The summed E-state index contributed by atoms with van der Waals surface area (Å²) in [5.74, 6) is 0. The van der Waals surface area contributed by atoms with Crippen molar-refractivity contribution in [3.63, 3.8) is 0 Å². The molecule has 1 aromatic heterocycles. The first kappa shape index (κ1) is 14.8. The lowest BCUT2D eigenvalue weighted by atomic mass is 10.1. The average Bonchev–Trinajstić information content (AvgIpc) is 2.61. The van der Waals surface area contributed by atoms with Crippen LogP contribution in [0.4, 0.5) is 5.69 Å². The fourth-order valence-corrected chi connectivity index (χ4v) is 2.94. The van der Waals surface area contributed by atoms with Crippen LogP contribution < -0.4 is 4.90 Å². The normalized spacial score (nSPS) is 15.4. The van der Waals surface area contributed by atoms with E-state index < -0.39 is 0 Å². The van der Waals surface area contributed by atoms with Crippen LogP contribution in [0.15, 0.2) is 42.5 Å². The zero-order valence-corrected chi connectivity index (χ0v) is 13.3. The topological polar surface area (TPSA) is 16.1 Å². The second-order valence-corrected chi connectivity index (χ2v) is 5.89. The molecule has 0 atom stereocenters. The van der Waals surface area contributed by atoms with E-state index in [1.807, 2.05) is 6.07 Å². The molecule has 2 heterocycles. The molecular weight excluding hydrogens is 268 g/mol. The molecule has 1 fully saturated rings. The van der Waals surface area contributed by atoms with Gasteiger partial charge in [-0.1, -0.05) is 43.3 Å². The van der Waals surface area contributed by atoms with Gasteiger partial charge in [0.25, 0.3) is 0 Å². The third-order valence-corrected chi connectivity index (χ3v) is 4.21. The Morgan fingerprint density at radius 2 is 1.77 bits per heavy atom. The lowest BCUT2D eigenvalue weighted by Gasteiger charge is -2.29. The first-order valence-electron chi connectivity index (χ1n) is 8.34. The summed E-state index contributed by atoms with van der Waals surface area (Å²) in [5, 5.41) is 0. The van der Waals surface area contributed by atoms with E-state index in [-0.39, 0.29) is 0 Å². The van der Waals surface area contributed by atoms with Crippen LogP contribution in [0, 0.1) is 0 Å². The Morgan fingerprint density at radius 3 is 2.50 bits per heavy atom. The zero-order chi connectivity index (χ0) is 15.2. The molecule has 0 unspecified atom stereocenters. The maximum Gasteiger partial charge on any atom is 0.0653 e. The number of aryl methyl sites for hydroxylation is 1. The van der Waals surface area contributed by atoms with Gasteiger partial charge in [-0.3, -0.25) is 4.98 Å². The van der Waals surface area contributed by atoms with E-state index >= 15 is 0 Å². The molecule has 3 rings (SSSR count). The molecule has 1 saturated heterocycles. The van der Waals surface area contributed by atoms with Gasteiger partial charge in [0.2, 0.25) is 0 Å². The predicted molar refractivity (Wildman–Crippen MR) is 95.0 cm³/mol. The second kappa shape index (κ2) is 7.26. The number of hydrogen-bond donors (Lipinski definition) is 0. The first-order valence-corrected chi connectivity index (χ1v) is 8.34. The quantitative estimate of drug-likeness (QED) is 0.804. The molecule has 1 aromatic carbocycles. The van der Waals surface area contributed by atoms with Crippen LogP contribution in [0.1, 0.15) is 43.1 Å². The van der Waals surface area contributed by atoms with Crippen LogP contribution in [0.2, 0.25) is 0 Å². The number of piperidine rings is 1. The Morgan fingerprint density at radius 1 is 1.00 bits per heavy atom. The van der Waals surface area contributed by atoms with Gasteiger partial charge in [-0.25, -0.2) is 0 Å². The summed E-state index contributed by atoms with van der Waals surface area (Å²) in [6, 6.07) is 14.9. The van der Waals surface area contributed by atoms with Crippen LogP contribution in [-0.2, 0) is 6.42 Å². The number of pyridine rings is 1. The van der Waals surface area contributed by atoms with E-state index in [0.717, 1.165) is 12.1 Å². The first-order chi connectivity index (χ1) is 10.8. The minimum absolute atomic E-state index is 0.980. The van der Waals surface area contributed by atoms with Gasteiger partial charge < -0.3 is 4.90 Å². The summed E-state index contributed by atoms with van der Waals surface area (Å²) in [4.78, 5) is 7.25. The van der Waals surface area contributed by atoms with Crippen molar-refractivity contribution in [3.8, 4) is 0 Å². The summed E-state index contributed by atoms with van der Waals surface area (Å²) in [5.41, 5.74) is 4.78. The molecular formula is C20H24N2. The summed E-state index contributed by atoms with van der Waals surface area (Å²) in [6.07, 6.45) is 9.22. The Kier molecular flexibility index (Phi) is 4.89. The highest BCUT2D eigenvalue weighted by Gasteiger charge is 2.12. The van der Waals surface area contributed by atoms with Gasteiger partial charge in [-0.2, -0.15) is 0 Å². The van der Waals surface area contributed by atoms with Crippen LogP contribution in [0.5, 0.6) is 0 Å². The van der Waals surface area contributed by atoms with E-state index in [1.165, 1.54) is 49.3 Å². The average molecular weight is 292 g/mol. The van der Waals surface area contributed by atoms with Crippen molar-refractivity contribution < 1.29 is 0 Å². The smallest absolute Gasteiger partial charge is 0.0653 e. The van der Waals surface area contributed by atoms with Gasteiger partial charge in [-0.05, 0) is 49.5 Å². The van der Waals surface area contributed by atoms with Crippen molar-refractivity contribution in [3.05, 3.63) is 59.4 Å². The molecule has 0 spiro atoms. The third kappa shape index (κ3) is 3.76. The molecule has 0 amide bonds. The fraction of sp³-hybridized carbons (Fsp3) is 0.350. The molecule has 0 aliphatic carbocycles. The molecule has 114 valence electrons. The summed E-state index contributed by atoms with van der Waals surface area (Å²) >= 11 is 0. The standard InChI is InChI=1S/C20H24N2/c1-2-18-15-20(22-13-7-4-8-14-22)16-19(21-18)12-11-17-9-5-3-6-10-17/h3,5-6,9-12,15-16H,2,4,7-8,13-14H2,1H3/b12-11+. The van der Waals surface area contributed by atoms with E-state index in [1.54, 1.807) is 0 Å². The number of anilines is 1. The van der Waals surface area contributed by atoms with E-state index in [0.29, 0.717) is 0 Å². The van der Waals surface area contributed by atoms with Crippen molar-refractivity contribution in [2.75, 3.05) is 18.0 Å². The van der Waals surface area contributed by atoms with Crippen molar-refractivity contribution in [1.82, 2.24) is 4.98 Å². The van der Waals surface area contributed by atoms with Crippen LogP contribution in [-0.4, -0.2) is 18.1 Å². The monoisotopic (exact) mass is 292 g/mol. The van der Waals surface area contributed by atoms with Gasteiger partial charge in [-0.15, -0.1) is 0 Å². The summed E-state index contributed by atoms with van der Waals surface area (Å²) < 4.78 is 0. The van der Waals surface area contributed by atoms with Gasteiger partial charge in [0, 0.05) is 24.5 Å². The highest BCUT2D eigenvalue weighted by molar-refractivity contribution is 5.69. The van der Waals surface area contributed by atoms with E-state index in [2.05, 4.69) is 60.4 Å². The van der Waals surface area contributed by atoms with Gasteiger partial charge in [0.15, 0.2) is 0 Å². The second-order valence-electron chi connectivity index (χ2n) is 5.89. The molecule has 0 saturated carbocycles. The van der Waals surface area contributed by atoms with Crippen LogP contribution >= 0.6 is 0 Å². The molecule has 0 radical (unpaired) electrons. The molecule has 22 heavy (non-hydrogen) atoms. The molecule has 0 bridgehead atoms. The lowest BCUT2D eigenvalue weighted by molar-refractivity contribution is 0.577. The Labute approximate surface area is 133 Å². The van der Waals surface area contributed by atoms with Crippen LogP contribution in [0.25, 0.3) is 12.2 Å². The Balaban J connectivity index is 1.85. The highest BCUT2D eigenvalue weighted by atomic mass is 15.1. The summed E-state index contributed by atoms with van der Waals surface area (Å²) in [6.45, 7) is 4.52.